The normalized spacial score (nSPS) is 14.8. The van der Waals surface area contributed by atoms with E-state index in [-0.39, 0.29) is 30.7 Å². The van der Waals surface area contributed by atoms with E-state index >= 15 is 0 Å². The molecule has 2 aromatic heterocycles. The third kappa shape index (κ3) is 5.66. The molecule has 0 saturated heterocycles. The molecule has 2 amide bonds. The molecule has 0 fully saturated rings. The predicted molar refractivity (Wildman–Crippen MR) is 158 cm³/mol. The number of carbonyl (C=O) groups excluding carboxylic acids is 2. The van der Waals surface area contributed by atoms with E-state index in [4.69, 9.17) is 5.10 Å². The van der Waals surface area contributed by atoms with Crippen LogP contribution in [0.2, 0.25) is 0 Å². The van der Waals surface area contributed by atoms with Gasteiger partial charge in [-0.05, 0) is 53.6 Å². The van der Waals surface area contributed by atoms with Gasteiger partial charge in [-0.3, -0.25) is 19.5 Å². The summed E-state index contributed by atoms with van der Waals surface area (Å²) in [6, 6.07) is 25.1. The van der Waals surface area contributed by atoms with Crippen molar-refractivity contribution in [2.75, 3.05) is 17.2 Å². The molecule has 3 heterocycles. The Bertz CT molecular complexity index is 1730. The van der Waals surface area contributed by atoms with Crippen LogP contribution in [-0.2, 0) is 16.1 Å². The highest BCUT2D eigenvalue weighted by molar-refractivity contribution is 8.00. The van der Waals surface area contributed by atoms with E-state index in [0.717, 1.165) is 11.1 Å². The van der Waals surface area contributed by atoms with Crippen LogP contribution in [0.25, 0.3) is 16.9 Å². The first-order valence-corrected chi connectivity index (χ1v) is 14.3. The number of anilines is 1. The second-order valence-electron chi connectivity index (χ2n) is 9.70. The average Bonchev–Trinajstić information content (AvgIpc) is 3.33. The lowest BCUT2D eigenvalue weighted by Crippen LogP contribution is -2.42. The number of fused-ring (bicyclic) bond motifs is 1. The smallest absolute Gasteiger partial charge is 0.240 e. The van der Waals surface area contributed by atoms with Crippen molar-refractivity contribution in [2.45, 2.75) is 11.8 Å². The highest BCUT2D eigenvalue weighted by atomic mass is 32.2. The molecule has 1 aliphatic rings. The van der Waals surface area contributed by atoms with Gasteiger partial charge in [-0.1, -0.05) is 48.5 Å². The summed E-state index contributed by atoms with van der Waals surface area (Å²) in [7, 11) is 0. The Hall–Kier alpha value is -4.83. The largest absolute Gasteiger partial charge is 0.350 e. The maximum atomic E-state index is 14.5. The van der Waals surface area contributed by atoms with Crippen molar-refractivity contribution < 1.29 is 18.4 Å². The fourth-order valence-electron chi connectivity index (χ4n) is 4.93. The third-order valence-electron chi connectivity index (χ3n) is 6.87. The summed E-state index contributed by atoms with van der Waals surface area (Å²) in [6.45, 7) is -0.0294. The van der Waals surface area contributed by atoms with Gasteiger partial charge in [0.1, 0.15) is 24.0 Å². The molecule has 0 spiro atoms. The molecule has 5 aromatic rings. The summed E-state index contributed by atoms with van der Waals surface area (Å²) < 4.78 is 30.0. The monoisotopic (exact) mass is 581 g/mol. The van der Waals surface area contributed by atoms with Gasteiger partial charge in [-0.2, -0.15) is 5.10 Å². The van der Waals surface area contributed by atoms with Crippen molar-refractivity contribution in [1.82, 2.24) is 20.1 Å². The zero-order valence-corrected chi connectivity index (χ0v) is 23.1. The first-order chi connectivity index (χ1) is 20.5. The molecular weight excluding hydrogens is 556 g/mol. The molecule has 0 radical (unpaired) electrons. The van der Waals surface area contributed by atoms with E-state index in [1.165, 1.54) is 40.9 Å². The number of pyridine rings is 1. The molecule has 1 aliphatic heterocycles. The second-order valence-corrected chi connectivity index (χ2v) is 10.8. The minimum atomic E-state index is -0.479. The lowest BCUT2D eigenvalue weighted by molar-refractivity contribution is -0.123. The number of aromatic nitrogens is 3. The zero-order valence-electron chi connectivity index (χ0n) is 22.3. The Balaban J connectivity index is 1.52. The van der Waals surface area contributed by atoms with E-state index in [0.29, 0.717) is 28.3 Å². The molecule has 42 heavy (non-hydrogen) atoms. The van der Waals surface area contributed by atoms with Crippen LogP contribution in [0.5, 0.6) is 0 Å². The molecule has 3 aromatic carbocycles. The van der Waals surface area contributed by atoms with Crippen LogP contribution in [-0.4, -0.2) is 38.9 Å². The first-order valence-electron chi connectivity index (χ1n) is 13.3. The van der Waals surface area contributed by atoms with Crippen LogP contribution in [0.15, 0.2) is 103 Å². The molecule has 0 saturated carbocycles. The molecule has 6 rings (SSSR count). The van der Waals surface area contributed by atoms with Gasteiger partial charge in [0.05, 0.1) is 22.4 Å². The lowest BCUT2D eigenvalue weighted by Gasteiger charge is -2.23. The van der Waals surface area contributed by atoms with E-state index in [1.54, 1.807) is 41.3 Å². The fourth-order valence-corrected chi connectivity index (χ4v) is 6.11. The second kappa shape index (κ2) is 12.0. The molecule has 1 atom stereocenters. The maximum absolute atomic E-state index is 14.5. The number of carbonyl (C=O) groups is 2. The maximum Gasteiger partial charge on any atom is 0.240 e. The van der Waals surface area contributed by atoms with Gasteiger partial charge in [-0.15, -0.1) is 11.8 Å². The summed E-state index contributed by atoms with van der Waals surface area (Å²) in [6.07, 6.45) is 3.31. The highest BCUT2D eigenvalue weighted by Gasteiger charge is 2.37. The van der Waals surface area contributed by atoms with Crippen LogP contribution in [0, 0.1) is 11.6 Å². The molecule has 7 nitrogen and oxygen atoms in total. The summed E-state index contributed by atoms with van der Waals surface area (Å²) in [5.41, 5.74) is 4.00. The Morgan fingerprint density at radius 1 is 0.952 bits per heavy atom. The molecule has 0 bridgehead atoms. The number of halogens is 2. The standard InChI is InChI=1S/C32H25F2N5O2S/c33-24-11-13-26(14-12-24)39-32-29(30(37-39)22-7-2-1-3-8-22)31(23-9-4-10-25(34)16-23)42-20-28(41)38(32)19-27(40)36-18-21-6-5-15-35-17-21/h1-17,31H,18-20H2,(H,36,40). The van der Waals surface area contributed by atoms with E-state index < -0.39 is 16.9 Å². The van der Waals surface area contributed by atoms with Crippen LogP contribution < -0.4 is 10.2 Å². The van der Waals surface area contributed by atoms with Crippen LogP contribution in [0.3, 0.4) is 0 Å². The molecular formula is C32H25F2N5O2S. The summed E-state index contributed by atoms with van der Waals surface area (Å²) in [4.78, 5) is 32.5. The van der Waals surface area contributed by atoms with Gasteiger partial charge >= 0.3 is 0 Å². The lowest BCUT2D eigenvalue weighted by atomic mass is 9.99. The highest BCUT2D eigenvalue weighted by Crippen LogP contribution is 2.48. The first kappa shape index (κ1) is 27.3. The number of hydrogen-bond donors (Lipinski definition) is 1. The number of nitrogens with one attached hydrogen (secondary N) is 1. The third-order valence-corrected chi connectivity index (χ3v) is 8.13. The van der Waals surface area contributed by atoms with Crippen molar-refractivity contribution in [1.29, 1.82) is 0 Å². The van der Waals surface area contributed by atoms with E-state index in [2.05, 4.69) is 10.3 Å². The van der Waals surface area contributed by atoms with Gasteiger partial charge in [0.2, 0.25) is 11.8 Å². The Morgan fingerprint density at radius 2 is 1.76 bits per heavy atom. The van der Waals surface area contributed by atoms with Crippen molar-refractivity contribution in [3.05, 3.63) is 132 Å². The number of benzene rings is 3. The van der Waals surface area contributed by atoms with Gasteiger partial charge < -0.3 is 5.32 Å². The van der Waals surface area contributed by atoms with Crippen molar-refractivity contribution in [3.63, 3.8) is 0 Å². The van der Waals surface area contributed by atoms with Crippen LogP contribution >= 0.6 is 11.8 Å². The predicted octanol–water partition coefficient (Wildman–Crippen LogP) is 5.70. The van der Waals surface area contributed by atoms with Crippen LogP contribution in [0.1, 0.15) is 21.9 Å². The topological polar surface area (TPSA) is 80.1 Å². The Morgan fingerprint density at radius 3 is 2.50 bits per heavy atom. The number of rotatable bonds is 7. The van der Waals surface area contributed by atoms with Gasteiger partial charge in [-0.25, -0.2) is 13.5 Å². The van der Waals surface area contributed by atoms with Crippen LogP contribution in [0.4, 0.5) is 14.6 Å². The molecule has 1 unspecified atom stereocenters. The quantitative estimate of drug-likeness (QED) is 0.267. The summed E-state index contributed by atoms with van der Waals surface area (Å²) in [5, 5.41) is 7.33. The van der Waals surface area contributed by atoms with Gasteiger partial charge in [0, 0.05) is 30.1 Å². The molecule has 1 N–H and O–H groups in total. The van der Waals surface area contributed by atoms with E-state index in [9.17, 15) is 18.4 Å². The van der Waals surface area contributed by atoms with Gasteiger partial charge in [0.15, 0.2) is 0 Å². The summed E-state index contributed by atoms with van der Waals surface area (Å²) >= 11 is 1.35. The summed E-state index contributed by atoms with van der Waals surface area (Å²) in [5.74, 6) is -1.08. The Labute approximate surface area is 245 Å². The number of hydrogen-bond acceptors (Lipinski definition) is 5. The minimum Gasteiger partial charge on any atom is -0.350 e. The van der Waals surface area contributed by atoms with Crippen molar-refractivity contribution in [3.8, 4) is 16.9 Å². The number of nitrogens with zero attached hydrogens (tertiary/aromatic N) is 4. The van der Waals surface area contributed by atoms with E-state index in [1.807, 2.05) is 42.5 Å². The molecule has 10 heteroatoms. The average molecular weight is 582 g/mol. The SMILES string of the molecule is O=C(CN1C(=O)CSC(c2cccc(F)c2)c2c(-c3ccccc3)nn(-c3ccc(F)cc3)c21)NCc1cccnc1. The van der Waals surface area contributed by atoms with Gasteiger partial charge in [0.25, 0.3) is 0 Å². The minimum absolute atomic E-state index is 0.0450. The fraction of sp³-hybridized carbons (Fsp3) is 0.125. The zero-order chi connectivity index (χ0) is 29.1. The number of thioether (sulfide) groups is 1. The molecule has 0 aliphatic carbocycles. The molecule has 210 valence electrons. The Kier molecular flexibility index (Phi) is 7.78. The van der Waals surface area contributed by atoms with Crippen molar-refractivity contribution >= 4 is 29.4 Å². The number of amides is 2. The van der Waals surface area contributed by atoms with Crippen molar-refractivity contribution in [2.24, 2.45) is 0 Å².